The molecule has 148 valence electrons. The van der Waals surface area contributed by atoms with Crippen LogP contribution in [-0.4, -0.2) is 106 Å². The van der Waals surface area contributed by atoms with E-state index in [9.17, 15) is 30.6 Å². The van der Waals surface area contributed by atoms with Gasteiger partial charge in [-0.15, -0.1) is 0 Å². The largest absolute Gasteiger partial charge is 0.392 e. The first kappa shape index (κ1) is 21.0. The fourth-order valence-corrected chi connectivity index (χ4v) is 3.17. The summed E-state index contributed by atoms with van der Waals surface area (Å²) in [6.07, 6.45) is -7.99. The highest BCUT2D eigenvalue weighted by atomic mass is 16.7. The molecule has 0 amide bonds. The van der Waals surface area contributed by atoms with Crippen LogP contribution in [0.5, 0.6) is 0 Å². The van der Waals surface area contributed by atoms with E-state index < -0.39 is 61.6 Å². The lowest BCUT2D eigenvalue weighted by atomic mass is 9.86. The molecule has 0 spiro atoms. The van der Waals surface area contributed by atoms with Gasteiger partial charge < -0.3 is 45.4 Å². The van der Waals surface area contributed by atoms with Crippen molar-refractivity contribution >= 4 is 0 Å². The van der Waals surface area contributed by atoms with Gasteiger partial charge >= 0.3 is 0 Å². The topological polar surface area (TPSA) is 201 Å². The zero-order valence-electron chi connectivity index (χ0n) is 14.0. The zero-order valence-corrected chi connectivity index (χ0v) is 14.0. The van der Waals surface area contributed by atoms with Crippen LogP contribution in [-0.2, 0) is 9.47 Å². The Labute approximate surface area is 148 Å². The average molecular weight is 376 g/mol. The van der Waals surface area contributed by atoms with Crippen LogP contribution in [0.25, 0.3) is 10.4 Å². The van der Waals surface area contributed by atoms with Gasteiger partial charge in [0.1, 0.15) is 30.5 Å². The van der Waals surface area contributed by atoms with Crippen LogP contribution in [0.4, 0.5) is 0 Å². The minimum Gasteiger partial charge on any atom is -0.392 e. The molecule has 1 aliphatic carbocycles. The number of hydrogen-bond acceptors (Lipinski definition) is 10. The molecular weight excluding hydrogens is 352 g/mol. The highest BCUT2D eigenvalue weighted by molar-refractivity contribution is 5.22. The number of aliphatic hydroxyl groups is 6. The Morgan fingerprint density at radius 3 is 2.46 bits per heavy atom. The Hall–Kier alpha value is -1.31. The molecule has 0 aromatic rings. The first-order chi connectivity index (χ1) is 12.3. The summed E-state index contributed by atoms with van der Waals surface area (Å²) in [7, 11) is 1.28. The average Bonchev–Trinajstić information content (AvgIpc) is 2.64. The summed E-state index contributed by atoms with van der Waals surface area (Å²) in [5.41, 5.74) is 8.61. The number of nitrogens with zero attached hydrogens (tertiary/aromatic N) is 3. The van der Waals surface area contributed by atoms with E-state index in [2.05, 4.69) is 15.3 Å². The molecule has 2 aliphatic rings. The van der Waals surface area contributed by atoms with Gasteiger partial charge in [0.25, 0.3) is 0 Å². The molecule has 12 nitrogen and oxygen atoms in total. The minimum atomic E-state index is -1.56. The molecule has 0 bridgehead atoms. The van der Waals surface area contributed by atoms with Gasteiger partial charge in [-0.05, 0) is 11.1 Å². The van der Waals surface area contributed by atoms with Crippen molar-refractivity contribution in [1.29, 1.82) is 0 Å². The number of hydrogen-bond donors (Lipinski definition) is 7. The molecule has 9 unspecified atom stereocenters. The zero-order chi connectivity index (χ0) is 19.4. The molecule has 1 heterocycles. The quantitative estimate of drug-likeness (QED) is 0.107. The van der Waals surface area contributed by atoms with Crippen molar-refractivity contribution in [3.63, 3.8) is 0 Å². The van der Waals surface area contributed by atoms with E-state index >= 15 is 0 Å². The van der Waals surface area contributed by atoms with Gasteiger partial charge in [-0.3, -0.25) is 0 Å². The van der Waals surface area contributed by atoms with Gasteiger partial charge in [-0.25, -0.2) is 0 Å². The van der Waals surface area contributed by atoms with E-state index in [4.69, 9.17) is 15.0 Å². The molecule has 1 saturated heterocycles. The van der Waals surface area contributed by atoms with Gasteiger partial charge in [0.2, 0.25) is 0 Å². The maximum Gasteiger partial charge on any atom is 0.186 e. The van der Waals surface area contributed by atoms with Crippen molar-refractivity contribution < 1.29 is 40.1 Å². The van der Waals surface area contributed by atoms with Crippen molar-refractivity contribution in [2.45, 2.75) is 55.0 Å². The maximum atomic E-state index is 10.4. The molecule has 0 radical (unpaired) electrons. The predicted molar refractivity (Wildman–Crippen MR) is 85.6 cm³/mol. The number of azide groups is 1. The van der Waals surface area contributed by atoms with E-state index in [1.165, 1.54) is 13.2 Å². The Morgan fingerprint density at radius 1 is 1.19 bits per heavy atom. The SMILES string of the molecule is COC1OC(CN=[N+]=[N-])C(NC2C=C(CO)C(O)C(O)C2O)C(O)C1O. The second kappa shape index (κ2) is 9.06. The summed E-state index contributed by atoms with van der Waals surface area (Å²) >= 11 is 0. The van der Waals surface area contributed by atoms with Crippen LogP contribution in [0.2, 0.25) is 0 Å². The van der Waals surface area contributed by atoms with E-state index in [0.29, 0.717) is 0 Å². The van der Waals surface area contributed by atoms with Crippen LogP contribution in [0.1, 0.15) is 0 Å². The van der Waals surface area contributed by atoms with Gasteiger partial charge in [0.05, 0.1) is 31.3 Å². The Morgan fingerprint density at radius 2 is 1.88 bits per heavy atom. The fourth-order valence-electron chi connectivity index (χ4n) is 3.17. The Balaban J connectivity index is 2.25. The second-order valence-electron chi connectivity index (χ2n) is 6.22. The molecule has 12 heteroatoms. The summed E-state index contributed by atoms with van der Waals surface area (Å²) < 4.78 is 10.4. The lowest BCUT2D eigenvalue weighted by molar-refractivity contribution is -0.266. The predicted octanol–water partition coefficient (Wildman–Crippen LogP) is -3.27. The molecule has 2 rings (SSSR count). The van der Waals surface area contributed by atoms with Crippen LogP contribution < -0.4 is 5.32 Å². The Bertz CT molecular complexity index is 557. The highest BCUT2D eigenvalue weighted by Gasteiger charge is 2.47. The standard InChI is InChI=1S/C14H24N4O8/c1-25-14-13(24)11(22)8(7(26-14)3-16-18-15)17-6-2-5(4-19)9(20)12(23)10(6)21/h2,6-14,17,19-24H,3-4H2,1H3. The Kier molecular flexibility index (Phi) is 7.32. The summed E-state index contributed by atoms with van der Waals surface area (Å²) in [5, 5.41) is 65.9. The fraction of sp³-hybridized carbons (Fsp3) is 0.857. The van der Waals surface area contributed by atoms with E-state index in [0.717, 1.165) is 0 Å². The van der Waals surface area contributed by atoms with E-state index in [1.807, 2.05) is 0 Å². The molecule has 0 aromatic heterocycles. The first-order valence-corrected chi connectivity index (χ1v) is 8.02. The van der Waals surface area contributed by atoms with Crippen LogP contribution >= 0.6 is 0 Å². The monoisotopic (exact) mass is 376 g/mol. The van der Waals surface area contributed by atoms with Gasteiger partial charge in [0.15, 0.2) is 6.29 Å². The van der Waals surface area contributed by atoms with Crippen molar-refractivity contribution in [2.75, 3.05) is 20.3 Å². The van der Waals surface area contributed by atoms with Crippen molar-refractivity contribution in [3.05, 3.63) is 22.1 Å². The molecule has 0 aromatic carbocycles. The third-order valence-electron chi connectivity index (χ3n) is 4.65. The van der Waals surface area contributed by atoms with Crippen LogP contribution in [0.3, 0.4) is 0 Å². The lowest BCUT2D eigenvalue weighted by Crippen LogP contribution is -2.67. The number of nitrogens with one attached hydrogen (secondary N) is 1. The molecule has 1 aliphatic heterocycles. The second-order valence-corrected chi connectivity index (χ2v) is 6.22. The third-order valence-corrected chi connectivity index (χ3v) is 4.65. The molecule has 7 N–H and O–H groups in total. The third kappa shape index (κ3) is 4.15. The summed E-state index contributed by atoms with van der Waals surface area (Å²) in [6.45, 7) is -0.730. The molecular formula is C14H24N4O8. The molecule has 0 saturated carbocycles. The number of aliphatic hydroxyl groups excluding tert-OH is 6. The minimum absolute atomic E-state index is 0.0911. The summed E-state index contributed by atoms with van der Waals surface area (Å²) in [4.78, 5) is 2.63. The highest BCUT2D eigenvalue weighted by Crippen LogP contribution is 2.26. The number of rotatable bonds is 6. The summed E-state index contributed by atoms with van der Waals surface area (Å²) in [6, 6.07) is -1.97. The smallest absolute Gasteiger partial charge is 0.186 e. The number of methoxy groups -OCH3 is 1. The van der Waals surface area contributed by atoms with Gasteiger partial charge in [-0.2, -0.15) is 0 Å². The summed E-state index contributed by atoms with van der Waals surface area (Å²) in [5.74, 6) is 0. The normalized spacial score (nSPS) is 43.5. The van der Waals surface area contributed by atoms with Gasteiger partial charge in [-0.1, -0.05) is 11.2 Å². The van der Waals surface area contributed by atoms with Crippen LogP contribution in [0.15, 0.2) is 16.8 Å². The molecule has 9 atom stereocenters. The lowest BCUT2D eigenvalue weighted by Gasteiger charge is -2.45. The number of ether oxygens (including phenoxy) is 2. The molecule has 26 heavy (non-hydrogen) atoms. The van der Waals surface area contributed by atoms with Gasteiger partial charge in [0, 0.05) is 12.0 Å². The van der Waals surface area contributed by atoms with Crippen LogP contribution in [0, 0.1) is 0 Å². The van der Waals surface area contributed by atoms with Crippen molar-refractivity contribution in [2.24, 2.45) is 5.11 Å². The van der Waals surface area contributed by atoms with E-state index in [1.54, 1.807) is 0 Å². The van der Waals surface area contributed by atoms with Crippen molar-refractivity contribution in [1.82, 2.24) is 5.32 Å². The van der Waals surface area contributed by atoms with E-state index in [-0.39, 0.29) is 12.1 Å². The maximum absolute atomic E-state index is 10.4. The first-order valence-electron chi connectivity index (χ1n) is 8.02. The van der Waals surface area contributed by atoms with Crippen molar-refractivity contribution in [3.8, 4) is 0 Å². The molecule has 1 fully saturated rings.